The summed E-state index contributed by atoms with van der Waals surface area (Å²) in [5.41, 5.74) is 0.0347. The van der Waals surface area contributed by atoms with E-state index in [9.17, 15) is 26.3 Å². The maximum Gasteiger partial charge on any atom is 0.403 e. The van der Waals surface area contributed by atoms with Crippen LogP contribution in [0.3, 0.4) is 0 Å². The van der Waals surface area contributed by atoms with Gasteiger partial charge < -0.3 is 0 Å². The van der Waals surface area contributed by atoms with Gasteiger partial charge in [-0.25, -0.2) is 26.3 Å². The van der Waals surface area contributed by atoms with E-state index in [-0.39, 0.29) is 21.1 Å². The van der Waals surface area contributed by atoms with Crippen LogP contribution in [0.15, 0.2) is 36.4 Å². The van der Waals surface area contributed by atoms with E-state index < -0.39 is 57.9 Å². The Kier molecular flexibility index (Phi) is 5.60. The molecule has 0 saturated carbocycles. The van der Waals surface area contributed by atoms with Crippen LogP contribution in [-0.4, -0.2) is 14.1 Å². The molecule has 7 heteroatoms. The second-order valence-corrected chi connectivity index (χ2v) is 9.36. The molecule has 0 amide bonds. The van der Waals surface area contributed by atoms with Gasteiger partial charge in [0.15, 0.2) is 0 Å². The Morgan fingerprint density at radius 2 is 1.07 bits per heavy atom. The second kappa shape index (κ2) is 7.65. The van der Waals surface area contributed by atoms with Crippen molar-refractivity contribution in [3.05, 3.63) is 88.0 Å². The van der Waals surface area contributed by atoms with Crippen molar-refractivity contribution in [2.75, 3.05) is 0 Å². The summed E-state index contributed by atoms with van der Waals surface area (Å²) in [5, 5.41) is 0. The zero-order chi connectivity index (χ0) is 20.7. The number of benzene rings is 3. The molecule has 0 unspecified atom stereocenters. The fourth-order valence-electron chi connectivity index (χ4n) is 3.31. The molecule has 0 spiro atoms. The summed E-state index contributed by atoms with van der Waals surface area (Å²) in [7, 11) is 0. The zero-order valence-corrected chi connectivity index (χ0v) is 16.5. The average Bonchev–Trinajstić information content (AvgIpc) is 2.63. The summed E-state index contributed by atoms with van der Waals surface area (Å²) in [6.45, 7) is 4.05. The fourth-order valence-corrected chi connectivity index (χ4v) is 6.82. The number of halogens is 6. The molecule has 0 bridgehead atoms. The van der Waals surface area contributed by atoms with Crippen molar-refractivity contribution in [3.63, 3.8) is 0 Å². The monoisotopic (exact) mass is 408 g/mol. The van der Waals surface area contributed by atoms with E-state index in [1.165, 1.54) is 32.9 Å². The molecule has 0 aliphatic rings. The molecule has 0 saturated heterocycles. The Balaban J connectivity index is 2.49. The fraction of sp³-hybridized carbons (Fsp3) is 0.143. The van der Waals surface area contributed by atoms with Crippen LogP contribution in [0.1, 0.15) is 16.7 Å². The average molecular weight is 408 g/mol. The predicted molar refractivity (Wildman–Crippen MR) is 97.9 cm³/mol. The highest BCUT2D eigenvalue weighted by molar-refractivity contribution is 6.96. The van der Waals surface area contributed by atoms with Gasteiger partial charge in [-0.2, -0.15) is 0 Å². The molecule has 0 heterocycles. The van der Waals surface area contributed by atoms with E-state index in [0.717, 1.165) is 18.2 Å². The number of aryl methyl sites for hydroxylation is 2. The molecule has 144 valence electrons. The third kappa shape index (κ3) is 3.45. The summed E-state index contributed by atoms with van der Waals surface area (Å²) in [6.07, 6.45) is 0. The van der Waals surface area contributed by atoms with Crippen LogP contribution in [0.5, 0.6) is 0 Å². The van der Waals surface area contributed by atoms with E-state index in [4.69, 9.17) is 0 Å². The highest BCUT2D eigenvalue weighted by Gasteiger charge is 2.38. The van der Waals surface area contributed by atoms with Gasteiger partial charge in [-0.05, 0) is 64.5 Å². The molecule has 0 aliphatic carbocycles. The van der Waals surface area contributed by atoms with E-state index >= 15 is 0 Å². The number of hydrogen-bond donors (Lipinski definition) is 0. The first-order valence-electron chi connectivity index (χ1n) is 8.48. The van der Waals surface area contributed by atoms with Crippen molar-refractivity contribution in [2.45, 2.75) is 20.8 Å². The zero-order valence-electron chi connectivity index (χ0n) is 15.3. The molecule has 0 aliphatic heterocycles. The quantitative estimate of drug-likeness (QED) is 0.455. The predicted octanol–water partition coefficient (Wildman–Crippen LogP) is 3.96. The van der Waals surface area contributed by atoms with E-state index in [0.29, 0.717) is 6.07 Å². The Bertz CT molecular complexity index is 1020. The van der Waals surface area contributed by atoms with Crippen LogP contribution < -0.4 is 13.3 Å². The largest absolute Gasteiger partial charge is 0.403 e. The van der Waals surface area contributed by atoms with Gasteiger partial charge in [0, 0.05) is 6.07 Å². The Morgan fingerprint density at radius 3 is 1.54 bits per heavy atom. The van der Waals surface area contributed by atoms with Crippen molar-refractivity contribution < 1.29 is 26.3 Å². The molecule has 0 radical (unpaired) electrons. The number of rotatable bonds is 3. The van der Waals surface area contributed by atoms with Gasteiger partial charge in [0.1, 0.15) is 34.9 Å². The standard InChI is InChI=1S/3C7H5F2.Al/c3*1-5-2-3-6(8)4-7(5)9;/h3-4H,1H3;2*2-3H,1H3;. The van der Waals surface area contributed by atoms with Crippen molar-refractivity contribution in [1.29, 1.82) is 0 Å². The van der Waals surface area contributed by atoms with Gasteiger partial charge in [-0.3, -0.25) is 0 Å². The summed E-state index contributed by atoms with van der Waals surface area (Å²) in [4.78, 5) is 0. The molecule has 0 N–H and O–H groups in total. The summed E-state index contributed by atoms with van der Waals surface area (Å²) >= 11 is -3.60. The van der Waals surface area contributed by atoms with Crippen LogP contribution in [0, 0.1) is 55.7 Å². The first-order chi connectivity index (χ1) is 13.1. The van der Waals surface area contributed by atoms with Crippen LogP contribution in [-0.2, 0) is 0 Å². The molecular formula is C21H15AlF6. The molecular weight excluding hydrogens is 393 g/mol. The lowest BCUT2D eigenvalue weighted by molar-refractivity contribution is 0.578. The Hall–Kier alpha value is -2.23. The molecule has 0 aromatic heterocycles. The SMILES string of the molecule is Cc1ccc(F)[c]([Al]([c]2cc(F)cc(F)c2C)[c]2c(F)ccc(C)c2F)c1F. The minimum Gasteiger partial charge on any atom is -0.208 e. The van der Waals surface area contributed by atoms with Crippen molar-refractivity contribution in [3.8, 4) is 0 Å². The van der Waals surface area contributed by atoms with Crippen molar-refractivity contribution in [1.82, 2.24) is 0 Å². The molecule has 3 aromatic rings. The van der Waals surface area contributed by atoms with E-state index in [2.05, 4.69) is 0 Å². The van der Waals surface area contributed by atoms with Crippen LogP contribution in [0.25, 0.3) is 0 Å². The normalized spacial score (nSPS) is 11.0. The van der Waals surface area contributed by atoms with Crippen LogP contribution in [0.2, 0.25) is 0 Å². The Morgan fingerprint density at radius 1 is 0.607 bits per heavy atom. The van der Waals surface area contributed by atoms with Gasteiger partial charge in [0.05, 0.1) is 0 Å². The molecule has 3 rings (SSSR count). The topological polar surface area (TPSA) is 0 Å². The lowest BCUT2D eigenvalue weighted by atomic mass is 10.2. The van der Waals surface area contributed by atoms with Gasteiger partial charge in [0.2, 0.25) is 0 Å². The first-order valence-corrected chi connectivity index (χ1v) is 10.2. The van der Waals surface area contributed by atoms with Crippen LogP contribution >= 0.6 is 0 Å². The molecule has 28 heavy (non-hydrogen) atoms. The van der Waals surface area contributed by atoms with Gasteiger partial charge >= 0.3 is 14.1 Å². The smallest absolute Gasteiger partial charge is 0.208 e. The van der Waals surface area contributed by atoms with Crippen molar-refractivity contribution >= 4 is 27.4 Å². The third-order valence-corrected chi connectivity index (χ3v) is 8.31. The van der Waals surface area contributed by atoms with Gasteiger partial charge in [-0.1, -0.05) is 16.6 Å². The lowest BCUT2D eigenvalue weighted by Gasteiger charge is -2.20. The minimum absolute atomic E-state index is 0.0666. The summed E-state index contributed by atoms with van der Waals surface area (Å²) < 4.78 is 86.3. The van der Waals surface area contributed by atoms with Crippen LogP contribution in [0.4, 0.5) is 26.3 Å². The number of hydrogen-bond acceptors (Lipinski definition) is 0. The van der Waals surface area contributed by atoms with Gasteiger partial charge in [0.25, 0.3) is 0 Å². The van der Waals surface area contributed by atoms with Gasteiger partial charge in [-0.15, -0.1) is 0 Å². The highest BCUT2D eigenvalue weighted by Crippen LogP contribution is 2.15. The highest BCUT2D eigenvalue weighted by atomic mass is 27.2. The summed E-state index contributed by atoms with van der Waals surface area (Å²) in [5.74, 6) is -5.90. The maximum atomic E-state index is 14.9. The maximum absolute atomic E-state index is 14.9. The van der Waals surface area contributed by atoms with E-state index in [1.807, 2.05) is 0 Å². The first kappa shape index (κ1) is 20.5. The molecule has 0 atom stereocenters. The minimum atomic E-state index is -3.60. The second-order valence-electron chi connectivity index (χ2n) is 6.72. The van der Waals surface area contributed by atoms with Crippen molar-refractivity contribution in [2.24, 2.45) is 0 Å². The molecule has 0 nitrogen and oxygen atoms in total. The Labute approximate surface area is 162 Å². The lowest BCUT2D eigenvalue weighted by Crippen LogP contribution is -2.58. The molecule has 3 aromatic carbocycles. The van der Waals surface area contributed by atoms with E-state index in [1.54, 1.807) is 0 Å². The molecule has 0 fully saturated rings. The summed E-state index contributed by atoms with van der Waals surface area (Å²) in [6, 6.07) is 5.89. The third-order valence-electron chi connectivity index (χ3n) is 4.88.